The summed E-state index contributed by atoms with van der Waals surface area (Å²) in [6.45, 7) is 1.95. The van der Waals surface area contributed by atoms with Crippen molar-refractivity contribution in [3.63, 3.8) is 0 Å². The number of methoxy groups -OCH3 is 3. The van der Waals surface area contributed by atoms with Crippen LogP contribution in [0.15, 0.2) is 64.9 Å². The Bertz CT molecular complexity index is 1090. The first kappa shape index (κ1) is 22.5. The molecular weight excluding hydrogens is 412 g/mol. The summed E-state index contributed by atoms with van der Waals surface area (Å²) in [6, 6.07) is 13.7. The first-order valence-electron chi connectivity index (χ1n) is 9.69. The summed E-state index contributed by atoms with van der Waals surface area (Å²) in [4.78, 5) is 25.9. The summed E-state index contributed by atoms with van der Waals surface area (Å²) in [5.41, 5.74) is 1.87. The number of benzene rings is 2. The maximum atomic E-state index is 13.0. The number of carbonyl (C=O) groups is 2. The summed E-state index contributed by atoms with van der Waals surface area (Å²) in [6.07, 6.45) is 2.92. The highest BCUT2D eigenvalue weighted by atomic mass is 16.5. The highest BCUT2D eigenvalue weighted by molar-refractivity contribution is 6.10. The highest BCUT2D eigenvalue weighted by Gasteiger charge is 2.20. The molecular formula is C24H24N2O6. The molecule has 0 radical (unpaired) electrons. The minimum absolute atomic E-state index is 0.000670. The van der Waals surface area contributed by atoms with Crippen LogP contribution in [0.5, 0.6) is 17.2 Å². The van der Waals surface area contributed by atoms with Gasteiger partial charge in [0.15, 0.2) is 11.5 Å². The van der Waals surface area contributed by atoms with Crippen LogP contribution in [-0.4, -0.2) is 33.1 Å². The molecule has 2 amide bonds. The second-order valence-electron chi connectivity index (χ2n) is 6.76. The third kappa shape index (κ3) is 5.28. The van der Waals surface area contributed by atoms with E-state index >= 15 is 0 Å². The molecule has 32 heavy (non-hydrogen) atoms. The average molecular weight is 436 g/mol. The van der Waals surface area contributed by atoms with Crippen molar-refractivity contribution in [1.82, 2.24) is 5.32 Å². The molecule has 3 aromatic rings. The quantitative estimate of drug-likeness (QED) is 0.518. The van der Waals surface area contributed by atoms with Gasteiger partial charge in [-0.15, -0.1) is 0 Å². The zero-order valence-corrected chi connectivity index (χ0v) is 18.2. The van der Waals surface area contributed by atoms with Gasteiger partial charge in [0.2, 0.25) is 5.75 Å². The van der Waals surface area contributed by atoms with Gasteiger partial charge < -0.3 is 29.3 Å². The highest BCUT2D eigenvalue weighted by Crippen LogP contribution is 2.38. The van der Waals surface area contributed by atoms with Gasteiger partial charge in [0.05, 0.1) is 27.6 Å². The second-order valence-corrected chi connectivity index (χ2v) is 6.76. The number of ether oxygens (including phenoxy) is 3. The fourth-order valence-corrected chi connectivity index (χ4v) is 2.92. The first-order chi connectivity index (χ1) is 15.4. The first-order valence-corrected chi connectivity index (χ1v) is 9.69. The Morgan fingerprint density at radius 2 is 1.59 bits per heavy atom. The molecule has 1 heterocycles. The number of hydrogen-bond donors (Lipinski definition) is 2. The molecule has 0 saturated heterocycles. The van der Waals surface area contributed by atoms with E-state index in [0.717, 1.165) is 5.56 Å². The summed E-state index contributed by atoms with van der Waals surface area (Å²) < 4.78 is 21.2. The fraction of sp³-hybridized carbons (Fsp3) is 0.167. The Balaban J connectivity index is 1.90. The van der Waals surface area contributed by atoms with E-state index in [1.165, 1.54) is 45.8 Å². The zero-order chi connectivity index (χ0) is 23.1. The summed E-state index contributed by atoms with van der Waals surface area (Å²) in [5, 5.41) is 5.41. The Kier molecular flexibility index (Phi) is 7.17. The van der Waals surface area contributed by atoms with Crippen LogP contribution in [0.1, 0.15) is 21.7 Å². The van der Waals surface area contributed by atoms with Crippen molar-refractivity contribution in [2.75, 3.05) is 26.6 Å². The van der Waals surface area contributed by atoms with Gasteiger partial charge in [-0.2, -0.15) is 0 Å². The second kappa shape index (κ2) is 10.2. The molecule has 0 atom stereocenters. The van der Waals surface area contributed by atoms with E-state index in [0.29, 0.717) is 28.7 Å². The van der Waals surface area contributed by atoms with Gasteiger partial charge in [0.1, 0.15) is 11.5 Å². The summed E-state index contributed by atoms with van der Waals surface area (Å²) in [5.74, 6) is 0.349. The zero-order valence-electron chi connectivity index (χ0n) is 18.2. The van der Waals surface area contributed by atoms with Crippen LogP contribution >= 0.6 is 0 Å². The van der Waals surface area contributed by atoms with Gasteiger partial charge in [0, 0.05) is 17.3 Å². The van der Waals surface area contributed by atoms with Crippen LogP contribution in [0.4, 0.5) is 5.69 Å². The Morgan fingerprint density at radius 1 is 0.938 bits per heavy atom. The Morgan fingerprint density at radius 3 is 2.12 bits per heavy atom. The molecule has 2 aromatic carbocycles. The van der Waals surface area contributed by atoms with Crippen molar-refractivity contribution in [3.05, 3.63) is 77.4 Å². The lowest BCUT2D eigenvalue weighted by atomic mass is 10.1. The summed E-state index contributed by atoms with van der Waals surface area (Å²) >= 11 is 0. The predicted octanol–water partition coefficient (Wildman–Crippen LogP) is 4.02. The van der Waals surface area contributed by atoms with E-state index < -0.39 is 11.8 Å². The molecule has 8 heteroatoms. The minimum atomic E-state index is -0.541. The maximum Gasteiger partial charge on any atom is 0.272 e. The number of amides is 2. The van der Waals surface area contributed by atoms with Gasteiger partial charge in [-0.1, -0.05) is 17.7 Å². The predicted molar refractivity (Wildman–Crippen MR) is 120 cm³/mol. The van der Waals surface area contributed by atoms with E-state index in [-0.39, 0.29) is 11.3 Å². The van der Waals surface area contributed by atoms with Crippen molar-refractivity contribution in [1.29, 1.82) is 0 Å². The number of nitrogens with one attached hydrogen (secondary N) is 2. The molecule has 1 aromatic heterocycles. The molecule has 0 aliphatic heterocycles. The molecule has 166 valence electrons. The van der Waals surface area contributed by atoms with Crippen molar-refractivity contribution in [2.24, 2.45) is 0 Å². The van der Waals surface area contributed by atoms with Gasteiger partial charge in [0.25, 0.3) is 11.8 Å². The lowest BCUT2D eigenvalue weighted by Crippen LogP contribution is -2.30. The molecule has 0 aliphatic rings. The van der Waals surface area contributed by atoms with Crippen molar-refractivity contribution in [2.45, 2.75) is 6.92 Å². The lowest BCUT2D eigenvalue weighted by Gasteiger charge is -2.15. The lowest BCUT2D eigenvalue weighted by molar-refractivity contribution is -0.113. The van der Waals surface area contributed by atoms with E-state index in [4.69, 9.17) is 18.6 Å². The molecule has 0 spiro atoms. The van der Waals surface area contributed by atoms with Crippen LogP contribution < -0.4 is 24.8 Å². The molecule has 0 fully saturated rings. The third-order valence-corrected chi connectivity index (χ3v) is 4.56. The monoisotopic (exact) mass is 436 g/mol. The number of rotatable bonds is 8. The van der Waals surface area contributed by atoms with Crippen LogP contribution in [0, 0.1) is 6.92 Å². The molecule has 0 aliphatic carbocycles. The van der Waals surface area contributed by atoms with Crippen LogP contribution in [0.25, 0.3) is 6.08 Å². The van der Waals surface area contributed by atoms with E-state index in [9.17, 15) is 9.59 Å². The van der Waals surface area contributed by atoms with E-state index in [1.54, 1.807) is 24.3 Å². The number of carbonyl (C=O) groups excluding carboxylic acids is 2. The third-order valence-electron chi connectivity index (χ3n) is 4.56. The SMILES string of the molecule is COc1cc(C(=O)N/C(=C\c2ccco2)C(=O)Nc2ccc(C)cc2)cc(OC)c1OC. The van der Waals surface area contributed by atoms with Crippen molar-refractivity contribution in [3.8, 4) is 17.2 Å². The topological polar surface area (TPSA) is 99.0 Å². The molecule has 2 N–H and O–H groups in total. The van der Waals surface area contributed by atoms with E-state index in [1.807, 2.05) is 19.1 Å². The fourth-order valence-electron chi connectivity index (χ4n) is 2.92. The summed E-state index contributed by atoms with van der Waals surface area (Å²) in [7, 11) is 4.38. The van der Waals surface area contributed by atoms with Crippen LogP contribution in [0.3, 0.4) is 0 Å². The van der Waals surface area contributed by atoms with Gasteiger partial charge in [-0.25, -0.2) is 0 Å². The molecule has 0 saturated carbocycles. The number of anilines is 1. The normalized spacial score (nSPS) is 10.9. The largest absolute Gasteiger partial charge is 0.493 e. The van der Waals surface area contributed by atoms with Crippen molar-refractivity contribution < 1.29 is 28.2 Å². The number of aryl methyl sites for hydroxylation is 1. The van der Waals surface area contributed by atoms with Crippen LogP contribution in [0.2, 0.25) is 0 Å². The van der Waals surface area contributed by atoms with E-state index in [2.05, 4.69) is 10.6 Å². The van der Waals surface area contributed by atoms with Crippen LogP contribution in [-0.2, 0) is 4.79 Å². The Hall–Kier alpha value is -4.20. The molecule has 0 unspecified atom stereocenters. The van der Waals surface area contributed by atoms with Gasteiger partial charge in [-0.3, -0.25) is 9.59 Å². The number of hydrogen-bond acceptors (Lipinski definition) is 6. The molecule has 8 nitrogen and oxygen atoms in total. The Labute approximate surface area is 185 Å². The number of furan rings is 1. The molecule has 0 bridgehead atoms. The minimum Gasteiger partial charge on any atom is -0.493 e. The van der Waals surface area contributed by atoms with Gasteiger partial charge >= 0.3 is 0 Å². The maximum absolute atomic E-state index is 13.0. The standard InChI is InChI=1S/C24H24N2O6/c1-15-7-9-17(10-8-15)25-24(28)19(14-18-6-5-11-32-18)26-23(27)16-12-20(29-2)22(31-4)21(13-16)30-3/h5-14H,1-4H3,(H,25,28)(H,26,27)/b19-14-. The average Bonchev–Trinajstić information content (AvgIpc) is 3.32. The molecule has 3 rings (SSSR count). The van der Waals surface area contributed by atoms with Gasteiger partial charge in [-0.05, 0) is 43.3 Å². The van der Waals surface area contributed by atoms with Crippen molar-refractivity contribution >= 4 is 23.6 Å². The smallest absolute Gasteiger partial charge is 0.272 e.